The molecule has 0 unspecified atom stereocenters. The minimum atomic E-state index is 0.592. The van der Waals surface area contributed by atoms with Crippen LogP contribution in [-0.4, -0.2) is 24.7 Å². The molecule has 0 fully saturated rings. The lowest BCUT2D eigenvalue weighted by atomic mass is 10.2. The van der Waals surface area contributed by atoms with Gasteiger partial charge in [-0.1, -0.05) is 25.4 Å². The molecule has 0 aliphatic rings. The van der Waals surface area contributed by atoms with Gasteiger partial charge < -0.3 is 10.1 Å². The lowest BCUT2D eigenvalue weighted by Crippen LogP contribution is -2.20. The van der Waals surface area contributed by atoms with Crippen LogP contribution in [0, 0.1) is 5.92 Å². The Labute approximate surface area is 102 Å². The molecule has 90 valence electrons. The van der Waals surface area contributed by atoms with E-state index in [0.717, 1.165) is 31.9 Å². The third kappa shape index (κ3) is 5.45. The maximum atomic E-state index is 5.97. The van der Waals surface area contributed by atoms with Crippen LogP contribution in [0.1, 0.15) is 19.4 Å². The van der Waals surface area contributed by atoms with Crippen molar-refractivity contribution in [1.29, 1.82) is 0 Å². The second-order valence-electron chi connectivity index (χ2n) is 4.11. The molecule has 0 aromatic carbocycles. The predicted molar refractivity (Wildman–Crippen MR) is 66.6 cm³/mol. The second kappa shape index (κ2) is 7.60. The average molecular weight is 243 g/mol. The van der Waals surface area contributed by atoms with E-state index in [0.29, 0.717) is 10.9 Å². The molecule has 1 rings (SSSR count). The number of hydrogen-bond donors (Lipinski definition) is 1. The molecule has 0 saturated carbocycles. The van der Waals surface area contributed by atoms with Crippen LogP contribution >= 0.6 is 11.6 Å². The van der Waals surface area contributed by atoms with Crippen LogP contribution in [0.2, 0.25) is 5.02 Å². The number of rotatable bonds is 7. The summed E-state index contributed by atoms with van der Waals surface area (Å²) in [4.78, 5) is 3.94. The van der Waals surface area contributed by atoms with E-state index in [9.17, 15) is 0 Å². The van der Waals surface area contributed by atoms with Crippen LogP contribution in [0.25, 0.3) is 0 Å². The van der Waals surface area contributed by atoms with Gasteiger partial charge in [-0.2, -0.15) is 0 Å². The van der Waals surface area contributed by atoms with Crippen molar-refractivity contribution in [3.8, 4) is 0 Å². The van der Waals surface area contributed by atoms with Gasteiger partial charge in [0.25, 0.3) is 0 Å². The lowest BCUT2D eigenvalue weighted by Gasteiger charge is -2.08. The van der Waals surface area contributed by atoms with Gasteiger partial charge in [0, 0.05) is 32.1 Å². The molecule has 0 spiro atoms. The van der Waals surface area contributed by atoms with E-state index in [-0.39, 0.29) is 0 Å². The molecule has 0 atom stereocenters. The Morgan fingerprint density at radius 1 is 1.50 bits per heavy atom. The predicted octanol–water partition coefficient (Wildman–Crippen LogP) is 2.50. The molecule has 0 aliphatic carbocycles. The zero-order chi connectivity index (χ0) is 11.8. The molecular formula is C12H19ClN2O. The van der Waals surface area contributed by atoms with Crippen molar-refractivity contribution >= 4 is 11.6 Å². The van der Waals surface area contributed by atoms with E-state index in [1.807, 2.05) is 6.07 Å². The number of nitrogens with zero attached hydrogens (tertiary/aromatic N) is 1. The van der Waals surface area contributed by atoms with Crippen molar-refractivity contribution < 1.29 is 4.74 Å². The van der Waals surface area contributed by atoms with Gasteiger partial charge in [-0.05, 0) is 17.5 Å². The zero-order valence-corrected chi connectivity index (χ0v) is 10.6. The van der Waals surface area contributed by atoms with Gasteiger partial charge in [-0.3, -0.25) is 4.98 Å². The number of halogens is 1. The summed E-state index contributed by atoms with van der Waals surface area (Å²) < 4.78 is 5.46. The Morgan fingerprint density at radius 2 is 2.31 bits per heavy atom. The Morgan fingerprint density at radius 3 is 3.00 bits per heavy atom. The highest BCUT2D eigenvalue weighted by atomic mass is 35.5. The molecule has 16 heavy (non-hydrogen) atoms. The number of nitrogens with one attached hydrogen (secondary N) is 1. The van der Waals surface area contributed by atoms with Crippen LogP contribution in [-0.2, 0) is 11.3 Å². The van der Waals surface area contributed by atoms with Gasteiger partial charge in [0.1, 0.15) is 0 Å². The van der Waals surface area contributed by atoms with E-state index in [4.69, 9.17) is 16.3 Å². The van der Waals surface area contributed by atoms with Gasteiger partial charge in [0.05, 0.1) is 11.6 Å². The largest absolute Gasteiger partial charge is 0.380 e. The van der Waals surface area contributed by atoms with Crippen LogP contribution in [0.3, 0.4) is 0 Å². The van der Waals surface area contributed by atoms with Crippen LogP contribution in [0.15, 0.2) is 18.5 Å². The first kappa shape index (κ1) is 13.4. The fourth-order valence-electron chi connectivity index (χ4n) is 1.23. The molecule has 3 nitrogen and oxygen atoms in total. The van der Waals surface area contributed by atoms with Crippen molar-refractivity contribution in [3.05, 3.63) is 29.0 Å². The summed E-state index contributed by atoms with van der Waals surface area (Å²) >= 11 is 5.97. The Hall–Kier alpha value is -0.640. The summed E-state index contributed by atoms with van der Waals surface area (Å²) in [5, 5.41) is 3.99. The molecule has 1 aromatic rings. The summed E-state index contributed by atoms with van der Waals surface area (Å²) in [5.41, 5.74) is 1.07. The molecule has 0 radical (unpaired) electrons. The molecular weight excluding hydrogens is 224 g/mol. The normalized spacial score (nSPS) is 11.0. The molecule has 4 heteroatoms. The first-order valence-corrected chi connectivity index (χ1v) is 5.94. The summed E-state index contributed by atoms with van der Waals surface area (Å²) in [6, 6.07) is 1.92. The van der Waals surface area contributed by atoms with Crippen molar-refractivity contribution in [1.82, 2.24) is 10.3 Å². The number of hydrogen-bond acceptors (Lipinski definition) is 3. The summed E-state index contributed by atoms with van der Waals surface area (Å²) in [7, 11) is 0. The van der Waals surface area contributed by atoms with Gasteiger partial charge >= 0.3 is 0 Å². The minimum Gasteiger partial charge on any atom is -0.380 e. The van der Waals surface area contributed by atoms with Crippen molar-refractivity contribution in [2.45, 2.75) is 20.4 Å². The lowest BCUT2D eigenvalue weighted by molar-refractivity contribution is 0.111. The van der Waals surface area contributed by atoms with Crippen LogP contribution in [0.5, 0.6) is 0 Å². The third-order valence-corrected chi connectivity index (χ3v) is 2.39. The van der Waals surface area contributed by atoms with Gasteiger partial charge in [-0.15, -0.1) is 0 Å². The highest BCUT2D eigenvalue weighted by Gasteiger charge is 1.98. The van der Waals surface area contributed by atoms with Crippen LogP contribution in [0.4, 0.5) is 0 Å². The van der Waals surface area contributed by atoms with Gasteiger partial charge in [0.2, 0.25) is 0 Å². The first-order chi connectivity index (χ1) is 7.70. The molecule has 0 saturated heterocycles. The maximum absolute atomic E-state index is 5.97. The summed E-state index contributed by atoms with van der Waals surface area (Å²) in [5.74, 6) is 0.592. The average Bonchev–Trinajstić information content (AvgIpc) is 2.25. The number of ether oxygens (including phenoxy) is 1. The quantitative estimate of drug-likeness (QED) is 0.746. The van der Waals surface area contributed by atoms with E-state index >= 15 is 0 Å². The van der Waals surface area contributed by atoms with E-state index in [1.54, 1.807) is 12.4 Å². The maximum Gasteiger partial charge on any atom is 0.0634 e. The highest BCUT2D eigenvalue weighted by Crippen LogP contribution is 2.12. The molecule has 0 amide bonds. The van der Waals surface area contributed by atoms with E-state index < -0.39 is 0 Å². The highest BCUT2D eigenvalue weighted by molar-refractivity contribution is 6.31. The third-order valence-electron chi connectivity index (χ3n) is 2.05. The van der Waals surface area contributed by atoms with E-state index in [2.05, 4.69) is 24.1 Å². The molecule has 0 aliphatic heterocycles. The van der Waals surface area contributed by atoms with Crippen LogP contribution < -0.4 is 5.32 Å². The topological polar surface area (TPSA) is 34.1 Å². The second-order valence-corrected chi connectivity index (χ2v) is 4.52. The Bertz CT molecular complexity index is 305. The SMILES string of the molecule is CC(C)COCCNCc1ccncc1Cl. The minimum absolute atomic E-state index is 0.592. The molecule has 0 bridgehead atoms. The van der Waals surface area contributed by atoms with Gasteiger partial charge in [0.15, 0.2) is 0 Å². The number of pyridine rings is 1. The van der Waals surface area contributed by atoms with Crippen molar-refractivity contribution in [2.75, 3.05) is 19.8 Å². The fourth-order valence-corrected chi connectivity index (χ4v) is 1.42. The standard InChI is InChI=1S/C12H19ClN2O/c1-10(2)9-16-6-5-15-7-11-3-4-14-8-12(11)13/h3-4,8,10,15H,5-7,9H2,1-2H3. The summed E-state index contributed by atoms with van der Waals surface area (Å²) in [6.07, 6.45) is 3.41. The van der Waals surface area contributed by atoms with Crippen molar-refractivity contribution in [2.24, 2.45) is 5.92 Å². The summed E-state index contributed by atoms with van der Waals surface area (Å²) in [6.45, 7) is 7.44. The Balaban J connectivity index is 2.10. The van der Waals surface area contributed by atoms with Gasteiger partial charge in [-0.25, -0.2) is 0 Å². The smallest absolute Gasteiger partial charge is 0.0634 e. The monoisotopic (exact) mass is 242 g/mol. The molecule has 1 heterocycles. The Kier molecular flexibility index (Phi) is 6.38. The first-order valence-electron chi connectivity index (χ1n) is 5.57. The van der Waals surface area contributed by atoms with Crippen molar-refractivity contribution in [3.63, 3.8) is 0 Å². The van der Waals surface area contributed by atoms with E-state index in [1.165, 1.54) is 0 Å². The number of aromatic nitrogens is 1. The molecule has 1 N–H and O–H groups in total. The zero-order valence-electron chi connectivity index (χ0n) is 9.87. The fraction of sp³-hybridized carbons (Fsp3) is 0.583. The molecule has 1 aromatic heterocycles.